The summed E-state index contributed by atoms with van der Waals surface area (Å²) in [6.45, 7) is 4.33. The number of pyridine rings is 1. The van der Waals surface area contributed by atoms with Gasteiger partial charge in [-0.3, -0.25) is 5.43 Å². The van der Waals surface area contributed by atoms with Crippen molar-refractivity contribution < 1.29 is 22.8 Å². The highest BCUT2D eigenvalue weighted by molar-refractivity contribution is 7.89. The fraction of sp³-hybridized carbons (Fsp3) is 0.368. The van der Waals surface area contributed by atoms with Crippen LogP contribution in [0.5, 0.6) is 5.75 Å². The van der Waals surface area contributed by atoms with Crippen LogP contribution in [-0.4, -0.2) is 61.8 Å². The summed E-state index contributed by atoms with van der Waals surface area (Å²) in [4.78, 5) is 5.57. The second-order valence-corrected chi connectivity index (χ2v) is 8.86. The molecule has 1 saturated heterocycles. The lowest BCUT2D eigenvalue weighted by Crippen LogP contribution is -3.12. The van der Waals surface area contributed by atoms with Crippen LogP contribution in [0.1, 0.15) is 18.9 Å². The number of sulfonamides is 1. The number of phenolic OH excluding ortho intramolecular Hbond substituents is 1. The van der Waals surface area contributed by atoms with Gasteiger partial charge in [0.05, 0.1) is 38.9 Å². The number of likely N-dealkylation sites (N-methyl/N-ethyl adjacent to an activating group) is 1. The Morgan fingerprint density at radius 2 is 2.03 bits per heavy atom. The van der Waals surface area contributed by atoms with Crippen LogP contribution in [0.4, 0.5) is 10.2 Å². The van der Waals surface area contributed by atoms with E-state index < -0.39 is 15.8 Å². The van der Waals surface area contributed by atoms with Crippen molar-refractivity contribution in [2.75, 3.05) is 38.7 Å². The van der Waals surface area contributed by atoms with Gasteiger partial charge in [0.1, 0.15) is 22.3 Å². The highest BCUT2D eigenvalue weighted by Crippen LogP contribution is 2.21. The highest BCUT2D eigenvalue weighted by Gasteiger charge is 2.29. The van der Waals surface area contributed by atoms with E-state index in [1.54, 1.807) is 0 Å². The summed E-state index contributed by atoms with van der Waals surface area (Å²) in [5, 5.41) is 14.1. The smallest absolute Gasteiger partial charge is 0.245 e. The average molecular weight is 423 g/mol. The normalized spacial score (nSPS) is 16.7. The number of hydrazone groups is 1. The molecule has 1 fully saturated rings. The zero-order valence-corrected chi connectivity index (χ0v) is 17.2. The summed E-state index contributed by atoms with van der Waals surface area (Å²) in [5.41, 5.74) is 3.47. The van der Waals surface area contributed by atoms with E-state index in [0.717, 1.165) is 13.1 Å². The topological polar surface area (TPSA) is 99.3 Å². The number of rotatable bonds is 6. The Morgan fingerprint density at radius 3 is 2.66 bits per heavy atom. The minimum atomic E-state index is -3.57. The van der Waals surface area contributed by atoms with Crippen molar-refractivity contribution in [3.63, 3.8) is 0 Å². The standard InChI is InChI=1S/C19H24FN5O3S/c1-3-17(16-12-14(20)4-6-18(16)26)22-23-19-7-5-15(13-21-19)29(27,28)25-10-8-24(2)9-11-25/h4-7,12-13,26H,3,8-11H2,1-2H3,(H,21,23)/p+1/b22-17+. The Labute approximate surface area is 169 Å². The number of nitrogens with one attached hydrogen (secondary N) is 2. The van der Waals surface area contributed by atoms with Crippen LogP contribution in [0.2, 0.25) is 0 Å². The molecule has 0 bridgehead atoms. The van der Waals surface area contributed by atoms with Gasteiger partial charge < -0.3 is 10.0 Å². The molecule has 1 aromatic carbocycles. The van der Waals surface area contributed by atoms with E-state index in [-0.39, 0.29) is 16.2 Å². The van der Waals surface area contributed by atoms with Crippen LogP contribution in [0.3, 0.4) is 0 Å². The highest BCUT2D eigenvalue weighted by atomic mass is 32.2. The minimum Gasteiger partial charge on any atom is -0.507 e. The molecule has 0 aliphatic carbocycles. The molecule has 1 aliphatic rings. The van der Waals surface area contributed by atoms with Gasteiger partial charge in [-0.1, -0.05) is 6.92 Å². The summed E-state index contributed by atoms with van der Waals surface area (Å²) in [6, 6.07) is 6.66. The number of hydrogen-bond acceptors (Lipinski definition) is 6. The lowest BCUT2D eigenvalue weighted by atomic mass is 10.1. The van der Waals surface area contributed by atoms with Crippen LogP contribution in [0.25, 0.3) is 0 Å². The molecule has 1 aromatic heterocycles. The molecule has 0 amide bonds. The summed E-state index contributed by atoms with van der Waals surface area (Å²) in [6.07, 6.45) is 1.74. The third kappa shape index (κ3) is 4.89. The predicted molar refractivity (Wildman–Crippen MR) is 108 cm³/mol. The fourth-order valence-electron chi connectivity index (χ4n) is 3.05. The fourth-order valence-corrected chi connectivity index (χ4v) is 4.44. The molecular formula is C19H25FN5O3S+. The van der Waals surface area contributed by atoms with Crippen LogP contribution < -0.4 is 10.3 Å². The monoisotopic (exact) mass is 422 g/mol. The Hall–Kier alpha value is -2.56. The van der Waals surface area contributed by atoms with Crippen molar-refractivity contribution in [2.24, 2.45) is 5.10 Å². The van der Waals surface area contributed by atoms with E-state index in [0.29, 0.717) is 31.0 Å². The molecule has 29 heavy (non-hydrogen) atoms. The molecule has 2 aromatic rings. The molecule has 8 nitrogen and oxygen atoms in total. The van der Waals surface area contributed by atoms with Crippen molar-refractivity contribution in [1.29, 1.82) is 0 Å². The van der Waals surface area contributed by atoms with E-state index in [9.17, 15) is 17.9 Å². The lowest BCUT2D eigenvalue weighted by molar-refractivity contribution is -0.883. The van der Waals surface area contributed by atoms with Crippen molar-refractivity contribution in [1.82, 2.24) is 9.29 Å². The van der Waals surface area contributed by atoms with Crippen molar-refractivity contribution >= 4 is 21.6 Å². The first-order valence-corrected chi connectivity index (χ1v) is 10.8. The average Bonchev–Trinajstić information content (AvgIpc) is 2.71. The lowest BCUT2D eigenvalue weighted by Gasteiger charge is -2.29. The molecule has 0 atom stereocenters. The summed E-state index contributed by atoms with van der Waals surface area (Å²) >= 11 is 0. The third-order valence-electron chi connectivity index (χ3n) is 4.86. The Kier molecular flexibility index (Phi) is 6.46. The van der Waals surface area contributed by atoms with Crippen LogP contribution in [0.15, 0.2) is 46.5 Å². The number of quaternary nitrogens is 1. The maximum atomic E-state index is 13.5. The molecule has 10 heteroatoms. The van der Waals surface area contributed by atoms with Crippen LogP contribution >= 0.6 is 0 Å². The predicted octanol–water partition coefficient (Wildman–Crippen LogP) is 0.672. The van der Waals surface area contributed by atoms with Gasteiger partial charge >= 0.3 is 0 Å². The van der Waals surface area contributed by atoms with Gasteiger partial charge in [0.2, 0.25) is 10.0 Å². The minimum absolute atomic E-state index is 0.0720. The molecule has 0 spiro atoms. The molecular weight excluding hydrogens is 397 g/mol. The number of benzene rings is 1. The number of anilines is 1. The van der Waals surface area contributed by atoms with Gasteiger partial charge in [0, 0.05) is 11.8 Å². The van der Waals surface area contributed by atoms with Gasteiger partial charge in [-0.25, -0.2) is 17.8 Å². The number of aromatic hydroxyl groups is 1. The van der Waals surface area contributed by atoms with Gasteiger partial charge in [-0.15, -0.1) is 0 Å². The maximum absolute atomic E-state index is 13.5. The third-order valence-corrected chi connectivity index (χ3v) is 6.74. The van der Waals surface area contributed by atoms with E-state index in [1.165, 1.54) is 45.7 Å². The van der Waals surface area contributed by atoms with Crippen molar-refractivity contribution in [3.8, 4) is 5.75 Å². The maximum Gasteiger partial charge on any atom is 0.245 e. The molecule has 1 aliphatic heterocycles. The van der Waals surface area contributed by atoms with Crippen LogP contribution in [0, 0.1) is 5.82 Å². The Morgan fingerprint density at radius 1 is 1.31 bits per heavy atom. The first-order valence-electron chi connectivity index (χ1n) is 9.40. The zero-order chi connectivity index (χ0) is 21.0. The number of piperazine rings is 1. The number of hydrogen-bond donors (Lipinski definition) is 3. The van der Waals surface area contributed by atoms with Crippen LogP contribution in [-0.2, 0) is 10.0 Å². The summed E-state index contributed by atoms with van der Waals surface area (Å²) < 4.78 is 40.4. The second kappa shape index (κ2) is 8.85. The first-order chi connectivity index (χ1) is 13.8. The molecule has 2 heterocycles. The van der Waals surface area contributed by atoms with E-state index >= 15 is 0 Å². The zero-order valence-electron chi connectivity index (χ0n) is 16.4. The number of phenols is 1. The van der Waals surface area contributed by atoms with Crippen molar-refractivity contribution in [2.45, 2.75) is 18.2 Å². The number of aromatic nitrogens is 1. The van der Waals surface area contributed by atoms with E-state index in [1.807, 2.05) is 14.0 Å². The summed E-state index contributed by atoms with van der Waals surface area (Å²) in [5.74, 6) is -0.206. The van der Waals surface area contributed by atoms with Gasteiger partial charge in [-0.05, 0) is 36.8 Å². The molecule has 0 unspecified atom stereocenters. The number of halogens is 1. The quantitative estimate of drug-likeness (QED) is 0.470. The van der Waals surface area contributed by atoms with E-state index in [4.69, 9.17) is 0 Å². The first kappa shape index (κ1) is 21.2. The SMILES string of the molecule is CC/C(=N\Nc1ccc(S(=O)(=O)N2CC[NH+](C)CC2)cn1)c1cc(F)ccc1O. The molecule has 0 radical (unpaired) electrons. The van der Waals surface area contributed by atoms with E-state index in [2.05, 4.69) is 15.5 Å². The van der Waals surface area contributed by atoms with Gasteiger partial charge in [0.15, 0.2) is 0 Å². The van der Waals surface area contributed by atoms with Gasteiger partial charge in [0.25, 0.3) is 0 Å². The number of nitrogens with zero attached hydrogens (tertiary/aromatic N) is 3. The largest absolute Gasteiger partial charge is 0.507 e. The molecule has 156 valence electrons. The Balaban J connectivity index is 1.74. The summed E-state index contributed by atoms with van der Waals surface area (Å²) in [7, 11) is -1.53. The molecule has 3 N–H and O–H groups in total. The Bertz CT molecular complexity index is 987. The van der Waals surface area contributed by atoms with Gasteiger partial charge in [-0.2, -0.15) is 9.41 Å². The molecule has 0 saturated carbocycles. The molecule has 3 rings (SSSR count). The van der Waals surface area contributed by atoms with Crippen molar-refractivity contribution in [3.05, 3.63) is 47.9 Å². The second-order valence-electron chi connectivity index (χ2n) is 6.93.